The van der Waals surface area contributed by atoms with E-state index in [0.29, 0.717) is 40.5 Å². The van der Waals surface area contributed by atoms with E-state index < -0.39 is 34.0 Å². The smallest absolute Gasteiger partial charge is 0.416 e. The second kappa shape index (κ2) is 9.00. The first-order chi connectivity index (χ1) is 17.1. The van der Waals surface area contributed by atoms with Crippen LogP contribution in [0.1, 0.15) is 33.6 Å². The van der Waals surface area contributed by atoms with Crippen LogP contribution in [0.4, 0.5) is 18.3 Å². The van der Waals surface area contributed by atoms with E-state index >= 15 is 0 Å². The molecule has 14 heteroatoms. The molecule has 5 rings (SSSR count). The van der Waals surface area contributed by atoms with E-state index in [-0.39, 0.29) is 28.2 Å². The third-order valence-corrected chi connectivity index (χ3v) is 8.46. The Morgan fingerprint density at radius 1 is 1.17 bits per heavy atom. The lowest BCUT2D eigenvalue weighted by molar-refractivity contribution is -0.137. The Morgan fingerprint density at radius 2 is 1.83 bits per heavy atom. The standard InChI is InChI=1S/C22H19F3N4O5S2/c1-32-18-14(19(33-2)27-10-26-18)17(30)29-20-28-15-12-4-3-11(22(23,24)25)9-13(12)34-21(16(15)35-20)5-7-36(31)8-6-21/h3-4,9-10H,5-8H2,1-2H3,(H,28,29,30). The van der Waals surface area contributed by atoms with Crippen molar-refractivity contribution in [1.29, 1.82) is 0 Å². The minimum atomic E-state index is -4.54. The molecule has 36 heavy (non-hydrogen) atoms. The van der Waals surface area contributed by atoms with E-state index in [9.17, 15) is 22.2 Å². The van der Waals surface area contributed by atoms with E-state index in [1.54, 1.807) is 0 Å². The van der Waals surface area contributed by atoms with Gasteiger partial charge in [-0.3, -0.25) is 14.3 Å². The molecule has 9 nitrogen and oxygen atoms in total. The first-order valence-electron chi connectivity index (χ1n) is 10.7. The first kappa shape index (κ1) is 24.4. The van der Waals surface area contributed by atoms with E-state index in [1.165, 1.54) is 26.6 Å². The van der Waals surface area contributed by atoms with E-state index in [2.05, 4.69) is 20.3 Å². The number of aromatic nitrogens is 3. The van der Waals surface area contributed by atoms with Crippen LogP contribution in [0.3, 0.4) is 0 Å². The van der Waals surface area contributed by atoms with Crippen LogP contribution >= 0.6 is 11.3 Å². The lowest BCUT2D eigenvalue weighted by atomic mass is 9.88. The molecule has 1 aromatic carbocycles. The molecule has 4 heterocycles. The number of nitrogens with zero attached hydrogens (tertiary/aromatic N) is 3. The predicted octanol–water partition coefficient (Wildman–Crippen LogP) is 4.02. The van der Waals surface area contributed by atoms with Crippen LogP contribution in [-0.4, -0.2) is 50.8 Å². The molecule has 1 saturated heterocycles. The first-order valence-corrected chi connectivity index (χ1v) is 13.0. The summed E-state index contributed by atoms with van der Waals surface area (Å²) in [4.78, 5) is 26.2. The Morgan fingerprint density at radius 3 is 2.44 bits per heavy atom. The number of thiazole rings is 1. The second-order valence-corrected chi connectivity index (χ2v) is 10.8. The molecule has 0 unspecified atom stereocenters. The van der Waals surface area contributed by atoms with Crippen LogP contribution < -0.4 is 19.5 Å². The number of rotatable bonds is 4. The lowest BCUT2D eigenvalue weighted by Gasteiger charge is -2.40. The highest BCUT2D eigenvalue weighted by Gasteiger charge is 2.47. The largest absolute Gasteiger partial charge is 0.481 e. The van der Waals surface area contributed by atoms with Crippen molar-refractivity contribution in [3.8, 4) is 28.8 Å². The summed E-state index contributed by atoms with van der Waals surface area (Å²) >= 11 is 1.15. The normalized spacial score (nSPS) is 20.8. The summed E-state index contributed by atoms with van der Waals surface area (Å²) in [5.74, 6) is 0.0860. The second-order valence-electron chi connectivity index (χ2n) is 8.07. The van der Waals surface area contributed by atoms with E-state index in [4.69, 9.17) is 14.2 Å². The lowest BCUT2D eigenvalue weighted by Crippen LogP contribution is -2.41. The number of amides is 1. The van der Waals surface area contributed by atoms with Crippen molar-refractivity contribution in [2.75, 3.05) is 31.0 Å². The third-order valence-electron chi connectivity index (χ3n) is 5.99. The summed E-state index contributed by atoms with van der Waals surface area (Å²) in [6.07, 6.45) is -2.67. The van der Waals surface area contributed by atoms with Crippen LogP contribution in [0.2, 0.25) is 0 Å². The number of anilines is 1. The van der Waals surface area contributed by atoms with Gasteiger partial charge in [-0.1, -0.05) is 11.3 Å². The van der Waals surface area contributed by atoms with Gasteiger partial charge in [0.25, 0.3) is 5.91 Å². The third kappa shape index (κ3) is 4.17. The number of carbonyl (C=O) groups excluding carboxylic acids is 1. The quantitative estimate of drug-likeness (QED) is 0.528. The van der Waals surface area contributed by atoms with Gasteiger partial charge in [-0.15, -0.1) is 0 Å². The molecule has 1 N–H and O–H groups in total. The molecule has 0 aliphatic carbocycles. The van der Waals surface area contributed by atoms with Crippen LogP contribution in [0.5, 0.6) is 17.5 Å². The van der Waals surface area contributed by atoms with Crippen molar-refractivity contribution in [3.05, 3.63) is 40.5 Å². The fraction of sp³-hybridized carbons (Fsp3) is 0.364. The number of carbonyl (C=O) groups is 1. The summed E-state index contributed by atoms with van der Waals surface area (Å²) < 4.78 is 68.8. The number of alkyl halides is 3. The molecule has 2 aliphatic rings. The van der Waals surface area contributed by atoms with Gasteiger partial charge in [-0.2, -0.15) is 13.2 Å². The SMILES string of the molecule is COc1ncnc(OC)c1C(=O)Nc1nc2c(s1)C1(CCS(=O)CC1)Oc1cc(C(F)(F)F)ccc1-2. The average Bonchev–Trinajstić information content (AvgIpc) is 3.29. The summed E-state index contributed by atoms with van der Waals surface area (Å²) in [5, 5.41) is 2.89. The molecule has 2 aliphatic heterocycles. The van der Waals surface area contributed by atoms with Gasteiger partial charge >= 0.3 is 6.18 Å². The molecular formula is C22H19F3N4O5S2. The van der Waals surface area contributed by atoms with Gasteiger partial charge in [-0.25, -0.2) is 15.0 Å². The fourth-order valence-corrected chi connectivity index (χ4v) is 6.71. The number of benzene rings is 1. The van der Waals surface area contributed by atoms with Gasteiger partial charge in [0.05, 0.1) is 30.4 Å². The molecule has 1 spiro atoms. The topological polar surface area (TPSA) is 113 Å². The maximum Gasteiger partial charge on any atom is 0.416 e. The number of methoxy groups -OCH3 is 2. The summed E-state index contributed by atoms with van der Waals surface area (Å²) in [5.41, 5.74) is -1.07. The van der Waals surface area contributed by atoms with Crippen molar-refractivity contribution in [3.63, 3.8) is 0 Å². The maximum atomic E-state index is 13.4. The molecule has 3 aromatic rings. The Labute approximate surface area is 209 Å². The van der Waals surface area contributed by atoms with E-state index in [0.717, 1.165) is 23.5 Å². The molecule has 190 valence electrons. The number of fused-ring (bicyclic) bond motifs is 4. The Kier molecular flexibility index (Phi) is 6.11. The van der Waals surface area contributed by atoms with Crippen LogP contribution in [0.25, 0.3) is 11.3 Å². The minimum absolute atomic E-state index is 0.000239. The number of nitrogens with one attached hydrogen (secondary N) is 1. The van der Waals surface area contributed by atoms with Crippen LogP contribution in [0.15, 0.2) is 24.5 Å². The Bertz CT molecular complexity index is 1350. The molecule has 2 aromatic heterocycles. The highest BCUT2D eigenvalue weighted by molar-refractivity contribution is 7.85. The number of ether oxygens (including phenoxy) is 3. The Balaban J connectivity index is 1.57. The monoisotopic (exact) mass is 540 g/mol. The average molecular weight is 541 g/mol. The van der Waals surface area contributed by atoms with Crippen molar-refractivity contribution >= 4 is 33.2 Å². The Hall–Kier alpha value is -3.26. The van der Waals surface area contributed by atoms with Gasteiger partial charge in [0.1, 0.15) is 17.7 Å². The molecule has 1 fully saturated rings. The number of halogens is 3. The van der Waals surface area contributed by atoms with Crippen molar-refractivity contribution < 1.29 is 36.4 Å². The maximum absolute atomic E-state index is 13.4. The highest BCUT2D eigenvalue weighted by Crippen LogP contribution is 2.53. The zero-order chi connectivity index (χ0) is 25.7. The minimum Gasteiger partial charge on any atom is -0.481 e. The van der Waals surface area contributed by atoms with Gasteiger partial charge < -0.3 is 14.2 Å². The van der Waals surface area contributed by atoms with Gasteiger partial charge in [-0.05, 0) is 18.2 Å². The summed E-state index contributed by atoms with van der Waals surface area (Å²) in [6.45, 7) is 0. The van der Waals surface area contributed by atoms with Gasteiger partial charge in [0.2, 0.25) is 11.8 Å². The number of hydrogen-bond donors (Lipinski definition) is 1. The van der Waals surface area contributed by atoms with Crippen LogP contribution in [-0.2, 0) is 22.6 Å². The van der Waals surface area contributed by atoms with Crippen LogP contribution in [0, 0.1) is 0 Å². The molecule has 0 saturated carbocycles. The molecule has 0 bridgehead atoms. The highest BCUT2D eigenvalue weighted by atomic mass is 32.2. The molecular weight excluding hydrogens is 521 g/mol. The summed E-state index contributed by atoms with van der Waals surface area (Å²) in [7, 11) is 1.65. The molecule has 1 amide bonds. The van der Waals surface area contributed by atoms with Gasteiger partial charge in [0, 0.05) is 40.7 Å². The van der Waals surface area contributed by atoms with Crippen molar-refractivity contribution in [1.82, 2.24) is 15.0 Å². The van der Waals surface area contributed by atoms with E-state index in [1.807, 2.05) is 0 Å². The van der Waals surface area contributed by atoms with Crippen molar-refractivity contribution in [2.24, 2.45) is 0 Å². The zero-order valence-electron chi connectivity index (χ0n) is 19.0. The summed E-state index contributed by atoms with van der Waals surface area (Å²) in [6, 6.07) is 3.24. The predicted molar refractivity (Wildman–Crippen MR) is 125 cm³/mol. The molecule has 0 atom stereocenters. The fourth-order valence-electron chi connectivity index (χ4n) is 4.23. The number of hydrogen-bond acceptors (Lipinski definition) is 9. The molecule has 0 radical (unpaired) electrons. The van der Waals surface area contributed by atoms with Crippen molar-refractivity contribution in [2.45, 2.75) is 24.6 Å². The van der Waals surface area contributed by atoms with Gasteiger partial charge in [0.15, 0.2) is 10.7 Å². The zero-order valence-corrected chi connectivity index (χ0v) is 20.6.